The summed E-state index contributed by atoms with van der Waals surface area (Å²) < 4.78 is 4.78. The molecule has 0 aliphatic rings. The summed E-state index contributed by atoms with van der Waals surface area (Å²) in [6.45, 7) is 2.89. The average molecular weight is 465 g/mol. The number of nitrogens with zero attached hydrogens (tertiary/aromatic N) is 1. The van der Waals surface area contributed by atoms with Gasteiger partial charge in [-0.2, -0.15) is 0 Å². The molecule has 1 atom stereocenters. The van der Waals surface area contributed by atoms with Gasteiger partial charge in [-0.15, -0.1) is 0 Å². The molecule has 7 heteroatoms. The van der Waals surface area contributed by atoms with E-state index in [1.807, 2.05) is 0 Å². The molecule has 33 heavy (non-hydrogen) atoms. The van der Waals surface area contributed by atoms with E-state index in [0.717, 1.165) is 18.5 Å². The number of urea groups is 1. The zero-order valence-corrected chi connectivity index (χ0v) is 21.1. The molecule has 0 bridgehead atoms. The Morgan fingerprint density at radius 3 is 1.85 bits per heavy atom. The Morgan fingerprint density at radius 2 is 1.39 bits per heavy atom. The number of esters is 1. The van der Waals surface area contributed by atoms with Crippen molar-refractivity contribution < 1.29 is 14.3 Å². The minimum atomic E-state index is -0.735. The summed E-state index contributed by atoms with van der Waals surface area (Å²) in [5.74, 6) is -0.470. The lowest BCUT2D eigenvalue weighted by Gasteiger charge is -2.16. The van der Waals surface area contributed by atoms with Gasteiger partial charge in [0.1, 0.15) is 6.04 Å². The lowest BCUT2D eigenvalue weighted by molar-refractivity contribution is -0.142. The van der Waals surface area contributed by atoms with Crippen LogP contribution in [0.15, 0.2) is 12.5 Å². The number of carbonyl (C=O) groups is 2. The van der Waals surface area contributed by atoms with Crippen LogP contribution in [0.1, 0.15) is 115 Å². The van der Waals surface area contributed by atoms with Crippen molar-refractivity contribution in [1.29, 1.82) is 0 Å². The summed E-state index contributed by atoms with van der Waals surface area (Å²) in [7, 11) is 1.32. The van der Waals surface area contributed by atoms with Gasteiger partial charge in [0.2, 0.25) is 0 Å². The second-order valence-electron chi connectivity index (χ2n) is 9.06. The molecule has 0 aliphatic heterocycles. The Labute approximate surface area is 201 Å². The normalized spacial score (nSPS) is 11.8. The van der Waals surface area contributed by atoms with Gasteiger partial charge in [-0.1, -0.05) is 103 Å². The molecule has 3 N–H and O–H groups in total. The van der Waals surface area contributed by atoms with E-state index in [2.05, 4.69) is 27.5 Å². The maximum atomic E-state index is 12.1. The van der Waals surface area contributed by atoms with Gasteiger partial charge in [0.25, 0.3) is 0 Å². The molecule has 0 unspecified atom stereocenters. The molecule has 0 saturated heterocycles. The predicted octanol–water partition coefficient (Wildman–Crippen LogP) is 6.05. The molecule has 7 nitrogen and oxygen atoms in total. The number of nitrogens with one attached hydrogen (secondary N) is 3. The van der Waals surface area contributed by atoms with Crippen molar-refractivity contribution in [3.8, 4) is 0 Å². The number of amides is 2. The Balaban J connectivity index is 1.91. The van der Waals surface area contributed by atoms with Gasteiger partial charge in [-0.05, 0) is 6.42 Å². The molecule has 1 aromatic rings. The fourth-order valence-electron chi connectivity index (χ4n) is 4.04. The van der Waals surface area contributed by atoms with Gasteiger partial charge in [-0.3, -0.25) is 0 Å². The van der Waals surface area contributed by atoms with Crippen LogP contribution in [-0.2, 0) is 16.0 Å². The van der Waals surface area contributed by atoms with E-state index < -0.39 is 12.0 Å². The largest absolute Gasteiger partial charge is 0.467 e. The summed E-state index contributed by atoms with van der Waals surface area (Å²) >= 11 is 0. The first-order valence-corrected chi connectivity index (χ1v) is 13.3. The number of aromatic nitrogens is 2. The van der Waals surface area contributed by atoms with E-state index in [1.54, 1.807) is 12.5 Å². The molecule has 0 radical (unpaired) electrons. The molecule has 2 amide bonds. The third-order valence-electron chi connectivity index (χ3n) is 6.09. The topological polar surface area (TPSA) is 96.1 Å². The minimum absolute atomic E-state index is 0.319. The first-order chi connectivity index (χ1) is 16.2. The van der Waals surface area contributed by atoms with E-state index in [-0.39, 0.29) is 6.03 Å². The predicted molar refractivity (Wildman–Crippen MR) is 134 cm³/mol. The molecular weight excluding hydrogens is 416 g/mol. The fraction of sp³-hybridized carbons (Fsp3) is 0.808. The zero-order chi connectivity index (χ0) is 24.0. The van der Waals surface area contributed by atoms with Gasteiger partial charge >= 0.3 is 12.0 Å². The quantitative estimate of drug-likeness (QED) is 0.152. The molecule has 1 aromatic heterocycles. The lowest BCUT2D eigenvalue weighted by atomic mass is 10.0. The molecular formula is C26H48N4O3. The van der Waals surface area contributed by atoms with Crippen LogP contribution in [0.5, 0.6) is 0 Å². The summed E-state index contributed by atoms with van der Waals surface area (Å²) in [5, 5.41) is 5.53. The SMILES string of the molecule is CCCCCCCCCCCCCCCCCCNC(=O)N[C@@H](Cc1cnc[nH]1)C(=O)OC. The number of H-pyrrole nitrogens is 1. The minimum Gasteiger partial charge on any atom is -0.467 e. The Morgan fingerprint density at radius 1 is 0.879 bits per heavy atom. The molecule has 190 valence electrons. The third kappa shape index (κ3) is 16.2. The maximum absolute atomic E-state index is 12.1. The van der Waals surface area contributed by atoms with Crippen molar-refractivity contribution in [2.75, 3.05) is 13.7 Å². The number of unbranched alkanes of at least 4 members (excludes halogenated alkanes) is 15. The van der Waals surface area contributed by atoms with Gasteiger partial charge in [0.15, 0.2) is 0 Å². The van der Waals surface area contributed by atoms with Crippen molar-refractivity contribution in [3.05, 3.63) is 18.2 Å². The van der Waals surface area contributed by atoms with Crippen LogP contribution in [0.25, 0.3) is 0 Å². The van der Waals surface area contributed by atoms with Crippen LogP contribution in [0, 0.1) is 0 Å². The second-order valence-corrected chi connectivity index (χ2v) is 9.06. The Bertz CT molecular complexity index is 592. The monoisotopic (exact) mass is 464 g/mol. The van der Waals surface area contributed by atoms with Crippen LogP contribution in [0.2, 0.25) is 0 Å². The molecule has 0 spiro atoms. The molecule has 0 aliphatic carbocycles. The van der Waals surface area contributed by atoms with Crippen LogP contribution < -0.4 is 10.6 Å². The summed E-state index contributed by atoms with van der Waals surface area (Å²) in [6.07, 6.45) is 24.7. The maximum Gasteiger partial charge on any atom is 0.328 e. The highest BCUT2D eigenvalue weighted by molar-refractivity contribution is 5.83. The fourth-order valence-corrected chi connectivity index (χ4v) is 4.04. The number of hydrogen-bond donors (Lipinski definition) is 3. The number of carbonyl (C=O) groups excluding carboxylic acids is 2. The van der Waals surface area contributed by atoms with Crippen LogP contribution >= 0.6 is 0 Å². The van der Waals surface area contributed by atoms with Gasteiger partial charge < -0.3 is 20.4 Å². The van der Waals surface area contributed by atoms with Gasteiger partial charge in [0.05, 0.1) is 13.4 Å². The zero-order valence-electron chi connectivity index (χ0n) is 21.1. The third-order valence-corrected chi connectivity index (χ3v) is 6.09. The Kier molecular flexibility index (Phi) is 18.0. The summed E-state index contributed by atoms with van der Waals surface area (Å²) in [5.41, 5.74) is 0.767. The highest BCUT2D eigenvalue weighted by atomic mass is 16.5. The van der Waals surface area contributed by atoms with Gasteiger partial charge in [0, 0.05) is 24.9 Å². The van der Waals surface area contributed by atoms with Crippen molar-refractivity contribution in [3.63, 3.8) is 0 Å². The van der Waals surface area contributed by atoms with Crippen LogP contribution in [-0.4, -0.2) is 41.7 Å². The van der Waals surface area contributed by atoms with Crippen molar-refractivity contribution in [2.45, 2.75) is 122 Å². The summed E-state index contributed by atoms with van der Waals surface area (Å²) in [4.78, 5) is 30.9. The number of hydrogen-bond acceptors (Lipinski definition) is 4. The van der Waals surface area contributed by atoms with E-state index in [4.69, 9.17) is 4.74 Å². The van der Waals surface area contributed by atoms with E-state index in [1.165, 1.54) is 97.0 Å². The second kappa shape index (κ2) is 20.5. The van der Waals surface area contributed by atoms with E-state index in [9.17, 15) is 9.59 Å². The van der Waals surface area contributed by atoms with Gasteiger partial charge in [-0.25, -0.2) is 14.6 Å². The smallest absolute Gasteiger partial charge is 0.328 e. The summed E-state index contributed by atoms with van der Waals surface area (Å²) in [6, 6.07) is -1.08. The number of aromatic amines is 1. The molecule has 1 heterocycles. The lowest BCUT2D eigenvalue weighted by Crippen LogP contribution is -2.47. The first-order valence-electron chi connectivity index (χ1n) is 13.3. The Hall–Kier alpha value is -2.05. The van der Waals surface area contributed by atoms with Crippen molar-refractivity contribution >= 4 is 12.0 Å². The number of methoxy groups -OCH3 is 1. The molecule has 0 aromatic carbocycles. The molecule has 0 saturated carbocycles. The number of ether oxygens (including phenoxy) is 1. The number of rotatable bonds is 21. The highest BCUT2D eigenvalue weighted by Gasteiger charge is 2.22. The standard InChI is InChI=1S/C26H48N4O3/c1-3-4-5-6-7-8-9-10-11-12-13-14-15-16-17-18-19-28-26(32)30-24(25(31)33-2)20-23-21-27-22-29-23/h21-22,24H,3-20H2,1-2H3,(H,27,29)(H2,28,30,32)/t24-/m0/s1. The first kappa shape index (κ1) is 29.0. The number of imidazole rings is 1. The van der Waals surface area contributed by atoms with E-state index in [0.29, 0.717) is 13.0 Å². The van der Waals surface area contributed by atoms with Crippen molar-refractivity contribution in [2.24, 2.45) is 0 Å². The van der Waals surface area contributed by atoms with Crippen LogP contribution in [0.3, 0.4) is 0 Å². The molecule has 1 rings (SSSR count). The molecule has 0 fully saturated rings. The highest BCUT2D eigenvalue weighted by Crippen LogP contribution is 2.13. The van der Waals surface area contributed by atoms with E-state index >= 15 is 0 Å². The average Bonchev–Trinajstić information content (AvgIpc) is 3.33. The van der Waals surface area contributed by atoms with Crippen molar-refractivity contribution in [1.82, 2.24) is 20.6 Å². The van der Waals surface area contributed by atoms with Crippen LogP contribution in [0.4, 0.5) is 4.79 Å².